The molecule has 7 heteroatoms. The molecule has 1 heterocycles. The molecule has 0 spiro atoms. The van der Waals surface area contributed by atoms with Gasteiger partial charge in [-0.2, -0.15) is 0 Å². The number of aliphatic hydroxyl groups excluding tert-OH is 1. The summed E-state index contributed by atoms with van der Waals surface area (Å²) in [5.74, 6) is -0.333. The van der Waals surface area contributed by atoms with Gasteiger partial charge in [0, 0.05) is 18.5 Å². The highest BCUT2D eigenvalue weighted by Crippen LogP contribution is 2.50. The molecule has 3 rings (SSSR count). The van der Waals surface area contributed by atoms with Gasteiger partial charge < -0.3 is 19.8 Å². The van der Waals surface area contributed by atoms with Gasteiger partial charge in [0.2, 0.25) is 0 Å². The van der Waals surface area contributed by atoms with E-state index in [1.165, 1.54) is 24.3 Å². The van der Waals surface area contributed by atoms with Crippen molar-refractivity contribution in [3.05, 3.63) is 65.2 Å². The topological polar surface area (TPSA) is 52.9 Å². The Hall–Kier alpha value is -2.09. The first-order valence-corrected chi connectivity index (χ1v) is 8.55. The van der Waals surface area contributed by atoms with Crippen LogP contribution in [0.4, 0.5) is 13.2 Å². The third-order valence-electron chi connectivity index (χ3n) is 5.17. The monoisotopic (exact) mass is 381 g/mol. The number of rotatable bonds is 5. The van der Waals surface area contributed by atoms with Crippen molar-refractivity contribution >= 4 is 0 Å². The van der Waals surface area contributed by atoms with Crippen LogP contribution in [0.25, 0.3) is 0 Å². The minimum absolute atomic E-state index is 0.109. The van der Waals surface area contributed by atoms with Crippen LogP contribution >= 0.6 is 0 Å². The molecule has 1 atom stereocenters. The third-order valence-corrected chi connectivity index (χ3v) is 5.17. The van der Waals surface area contributed by atoms with E-state index in [1.54, 1.807) is 24.3 Å². The lowest BCUT2D eigenvalue weighted by molar-refractivity contribution is -0.274. The minimum atomic E-state index is -4.76. The molecule has 1 fully saturated rings. The van der Waals surface area contributed by atoms with Crippen LogP contribution in [0.5, 0.6) is 5.75 Å². The van der Waals surface area contributed by atoms with Gasteiger partial charge in [-0.3, -0.25) is 0 Å². The fraction of sp³-hybridized carbons (Fsp3) is 0.400. The van der Waals surface area contributed by atoms with Crippen LogP contribution in [0.2, 0.25) is 0 Å². The quantitative estimate of drug-likeness (QED) is 0.835. The predicted octanol–water partition coefficient (Wildman–Crippen LogP) is 3.27. The molecule has 27 heavy (non-hydrogen) atoms. The molecule has 0 bridgehead atoms. The molecule has 2 aromatic rings. The smallest absolute Gasteiger partial charge is 0.406 e. The Morgan fingerprint density at radius 2 is 1.48 bits per heavy atom. The molecule has 2 aromatic carbocycles. The largest absolute Gasteiger partial charge is 0.573 e. The number of ether oxygens (including phenoxy) is 1. The van der Waals surface area contributed by atoms with Crippen LogP contribution in [-0.2, 0) is 12.2 Å². The van der Waals surface area contributed by atoms with Crippen molar-refractivity contribution in [2.45, 2.75) is 25.5 Å². The summed E-state index contributed by atoms with van der Waals surface area (Å²) >= 11 is 0. The average Bonchev–Trinajstić information content (AvgIpc) is 2.59. The molecular weight excluding hydrogens is 359 g/mol. The maximum Gasteiger partial charge on any atom is 0.573 e. The summed E-state index contributed by atoms with van der Waals surface area (Å²) in [6.45, 7) is 3.10. The van der Waals surface area contributed by atoms with Gasteiger partial charge in [0.15, 0.2) is 0 Å². The van der Waals surface area contributed by atoms with E-state index in [0.717, 1.165) is 0 Å². The fourth-order valence-corrected chi connectivity index (χ4v) is 3.99. The van der Waals surface area contributed by atoms with Crippen LogP contribution in [0.15, 0.2) is 48.5 Å². The molecule has 0 amide bonds. The van der Waals surface area contributed by atoms with Crippen molar-refractivity contribution in [3.8, 4) is 5.75 Å². The molecule has 2 N–H and O–H groups in total. The second-order valence-electron chi connectivity index (χ2n) is 7.37. The lowest BCUT2D eigenvalue weighted by atomic mass is 9.62. The summed E-state index contributed by atoms with van der Waals surface area (Å²) in [6.07, 6.45) is -4.76. The number of nitrogens with zero attached hydrogens (tertiary/aromatic N) is 1. The van der Waals surface area contributed by atoms with Gasteiger partial charge in [-0.1, -0.05) is 43.3 Å². The summed E-state index contributed by atoms with van der Waals surface area (Å²) in [5, 5.41) is 21.0. The number of hydrogen-bond acceptors (Lipinski definition) is 4. The Morgan fingerprint density at radius 1 is 1.00 bits per heavy atom. The molecule has 146 valence electrons. The second-order valence-corrected chi connectivity index (χ2v) is 7.37. The van der Waals surface area contributed by atoms with E-state index in [-0.39, 0.29) is 12.4 Å². The third kappa shape index (κ3) is 3.67. The maximum atomic E-state index is 12.4. The van der Waals surface area contributed by atoms with Crippen LogP contribution in [0.1, 0.15) is 23.6 Å². The van der Waals surface area contributed by atoms with Crippen molar-refractivity contribution in [3.63, 3.8) is 0 Å². The number of alkyl halides is 3. The Morgan fingerprint density at radius 3 is 1.89 bits per heavy atom. The molecule has 4 nitrogen and oxygen atoms in total. The Balaban J connectivity index is 2.02. The van der Waals surface area contributed by atoms with Crippen molar-refractivity contribution in [2.75, 3.05) is 20.1 Å². The van der Waals surface area contributed by atoms with Crippen molar-refractivity contribution < 1.29 is 28.1 Å². The Kier molecular flexibility index (Phi) is 4.96. The van der Waals surface area contributed by atoms with E-state index in [4.69, 9.17) is 0 Å². The van der Waals surface area contributed by atoms with Crippen LogP contribution in [-0.4, -0.2) is 41.6 Å². The zero-order chi connectivity index (χ0) is 19.9. The number of likely N-dealkylation sites (tertiary alicyclic amines) is 1. The van der Waals surface area contributed by atoms with Gasteiger partial charge in [-0.05, 0) is 35.9 Å². The Bertz CT molecular complexity index is 784. The zero-order valence-electron chi connectivity index (χ0n) is 15.1. The van der Waals surface area contributed by atoms with Gasteiger partial charge in [-0.15, -0.1) is 13.2 Å². The van der Waals surface area contributed by atoms with Crippen molar-refractivity contribution in [1.29, 1.82) is 0 Å². The van der Waals surface area contributed by atoms with Gasteiger partial charge in [-0.25, -0.2) is 0 Å². The van der Waals surface area contributed by atoms with Gasteiger partial charge in [0.1, 0.15) is 11.4 Å². The van der Waals surface area contributed by atoms with Gasteiger partial charge >= 0.3 is 6.36 Å². The molecule has 1 aliphatic heterocycles. The first-order chi connectivity index (χ1) is 12.6. The van der Waals surface area contributed by atoms with Gasteiger partial charge in [0.25, 0.3) is 0 Å². The van der Waals surface area contributed by atoms with E-state index in [2.05, 4.69) is 9.64 Å². The molecule has 0 saturated carbocycles. The van der Waals surface area contributed by atoms with E-state index in [0.29, 0.717) is 29.8 Å². The van der Waals surface area contributed by atoms with Gasteiger partial charge in [0.05, 0.1) is 6.61 Å². The number of aliphatic hydroxyl groups is 2. The molecule has 0 radical (unpaired) electrons. The second kappa shape index (κ2) is 6.82. The van der Waals surface area contributed by atoms with Crippen LogP contribution in [0.3, 0.4) is 0 Å². The van der Waals surface area contributed by atoms with E-state index in [9.17, 15) is 23.4 Å². The summed E-state index contributed by atoms with van der Waals surface area (Å²) in [5.41, 5.74) is -0.0888. The molecular formula is C20H22F3NO3. The SMILES string of the molecule is CN1CC(C)(C(O)(c2ccc(CO)cc2)c2ccc(OC(F)(F)F)cc2)C1. The lowest BCUT2D eigenvalue weighted by Gasteiger charge is -2.56. The fourth-order valence-electron chi connectivity index (χ4n) is 3.99. The van der Waals surface area contributed by atoms with Crippen LogP contribution < -0.4 is 4.74 Å². The molecule has 1 saturated heterocycles. The average molecular weight is 381 g/mol. The minimum Gasteiger partial charge on any atom is -0.406 e. The van der Waals surface area contributed by atoms with E-state index >= 15 is 0 Å². The highest BCUT2D eigenvalue weighted by molar-refractivity contribution is 5.43. The summed E-state index contributed by atoms with van der Waals surface area (Å²) in [4.78, 5) is 2.06. The molecule has 1 aliphatic rings. The number of hydrogen-bond donors (Lipinski definition) is 2. The summed E-state index contributed by atoms with van der Waals surface area (Å²) in [6, 6.07) is 12.3. The first kappa shape index (κ1) is 19.7. The normalized spacial score (nSPS) is 19.2. The van der Waals surface area contributed by atoms with E-state index in [1.807, 2.05) is 14.0 Å². The molecule has 0 aromatic heterocycles. The van der Waals surface area contributed by atoms with Crippen molar-refractivity contribution in [1.82, 2.24) is 4.90 Å². The molecule has 0 aliphatic carbocycles. The summed E-state index contributed by atoms with van der Waals surface area (Å²) in [7, 11) is 1.94. The van der Waals surface area contributed by atoms with Crippen molar-refractivity contribution in [2.24, 2.45) is 5.41 Å². The summed E-state index contributed by atoms with van der Waals surface area (Å²) < 4.78 is 41.2. The number of benzene rings is 2. The Labute approximate surface area is 155 Å². The zero-order valence-corrected chi connectivity index (χ0v) is 15.1. The van der Waals surface area contributed by atoms with E-state index < -0.39 is 17.4 Å². The lowest BCUT2D eigenvalue weighted by Crippen LogP contribution is -2.63. The highest BCUT2D eigenvalue weighted by Gasteiger charge is 2.55. The predicted molar refractivity (Wildman–Crippen MR) is 94.1 cm³/mol. The first-order valence-electron chi connectivity index (χ1n) is 8.55. The standard InChI is InChI=1S/C20H22F3NO3/c1-18(12-24(2)13-18)19(26,15-5-3-14(11-25)4-6-15)16-7-9-17(10-8-16)27-20(21,22)23/h3-10,25-26H,11-13H2,1-2H3. The number of halogens is 3. The molecule has 1 unspecified atom stereocenters. The maximum absolute atomic E-state index is 12.4. The highest BCUT2D eigenvalue weighted by atomic mass is 19.4. The van der Waals surface area contributed by atoms with Crippen LogP contribution in [0, 0.1) is 5.41 Å².